The molecular weight excluding hydrogens is 212 g/mol. The summed E-state index contributed by atoms with van der Waals surface area (Å²) in [5, 5.41) is 11.8. The van der Waals surface area contributed by atoms with Crippen LogP contribution >= 0.6 is 0 Å². The fourth-order valence-corrected chi connectivity index (χ4v) is 2.62. The molecule has 0 unspecified atom stereocenters. The fraction of sp³-hybridized carbons (Fsp3) is 0.538. The third kappa shape index (κ3) is 2.25. The van der Waals surface area contributed by atoms with Gasteiger partial charge in [-0.3, -0.25) is 5.10 Å². The van der Waals surface area contributed by atoms with Gasteiger partial charge >= 0.3 is 0 Å². The average molecular weight is 230 g/mol. The molecule has 17 heavy (non-hydrogen) atoms. The van der Waals surface area contributed by atoms with Gasteiger partial charge in [0.2, 0.25) is 0 Å². The molecule has 2 aromatic rings. The lowest BCUT2D eigenvalue weighted by atomic mass is 9.89. The van der Waals surface area contributed by atoms with Crippen molar-refractivity contribution in [2.45, 2.75) is 32.1 Å². The highest BCUT2D eigenvalue weighted by Crippen LogP contribution is 2.25. The number of nitrogens with one attached hydrogen (secondary N) is 2. The quantitative estimate of drug-likeness (QED) is 0.852. The van der Waals surface area contributed by atoms with Gasteiger partial charge in [-0.05, 0) is 30.9 Å². The minimum Gasteiger partial charge on any atom is -0.368 e. The third-order valence-electron chi connectivity index (χ3n) is 3.62. The lowest BCUT2D eigenvalue weighted by Crippen LogP contribution is -2.17. The van der Waals surface area contributed by atoms with Gasteiger partial charge in [0.05, 0.1) is 5.39 Å². The zero-order valence-electron chi connectivity index (χ0n) is 9.95. The topological polar surface area (TPSA) is 53.6 Å². The van der Waals surface area contributed by atoms with Gasteiger partial charge < -0.3 is 5.32 Å². The van der Waals surface area contributed by atoms with Crippen LogP contribution in [-0.2, 0) is 0 Å². The van der Waals surface area contributed by atoms with E-state index >= 15 is 0 Å². The van der Waals surface area contributed by atoms with E-state index in [1.54, 1.807) is 6.20 Å². The van der Waals surface area contributed by atoms with Crippen LogP contribution in [0.1, 0.15) is 32.1 Å². The second-order valence-corrected chi connectivity index (χ2v) is 4.86. The van der Waals surface area contributed by atoms with E-state index in [2.05, 4.69) is 26.6 Å². The molecule has 90 valence electrons. The van der Waals surface area contributed by atoms with Gasteiger partial charge in [0.25, 0.3) is 0 Å². The minimum atomic E-state index is 0.812. The maximum atomic E-state index is 4.28. The maximum absolute atomic E-state index is 4.28. The molecule has 0 spiro atoms. The Balaban J connectivity index is 1.68. The summed E-state index contributed by atoms with van der Waals surface area (Å²) in [4.78, 5) is 4.24. The Morgan fingerprint density at radius 1 is 1.29 bits per heavy atom. The number of H-pyrrole nitrogens is 1. The van der Waals surface area contributed by atoms with Crippen molar-refractivity contribution in [3.8, 4) is 0 Å². The van der Waals surface area contributed by atoms with E-state index in [4.69, 9.17) is 0 Å². The molecule has 4 nitrogen and oxygen atoms in total. The van der Waals surface area contributed by atoms with Crippen LogP contribution in [-0.4, -0.2) is 21.7 Å². The van der Waals surface area contributed by atoms with E-state index < -0.39 is 0 Å². The van der Waals surface area contributed by atoms with Crippen LogP contribution in [0.2, 0.25) is 0 Å². The number of aromatic amines is 1. The number of rotatable bonds is 3. The summed E-state index contributed by atoms with van der Waals surface area (Å²) in [5.41, 5.74) is 0.860. The molecule has 2 heterocycles. The van der Waals surface area contributed by atoms with E-state index in [0.29, 0.717) is 0 Å². The fourth-order valence-electron chi connectivity index (χ4n) is 2.62. The van der Waals surface area contributed by atoms with Crippen LogP contribution < -0.4 is 5.32 Å². The van der Waals surface area contributed by atoms with Gasteiger partial charge in [-0.25, -0.2) is 4.98 Å². The minimum absolute atomic E-state index is 0.812. The van der Waals surface area contributed by atoms with Crippen molar-refractivity contribution in [1.29, 1.82) is 0 Å². The highest BCUT2D eigenvalue weighted by Gasteiger charge is 2.14. The van der Waals surface area contributed by atoms with Crippen LogP contribution in [0.15, 0.2) is 18.3 Å². The van der Waals surface area contributed by atoms with Crippen LogP contribution in [0, 0.1) is 5.92 Å². The summed E-state index contributed by atoms with van der Waals surface area (Å²) in [5.74, 6) is 1.76. The predicted molar refractivity (Wildman–Crippen MR) is 69.0 cm³/mol. The second kappa shape index (κ2) is 4.73. The number of pyridine rings is 1. The average Bonchev–Trinajstić information content (AvgIpc) is 2.81. The van der Waals surface area contributed by atoms with Crippen molar-refractivity contribution in [3.63, 3.8) is 0 Å². The molecule has 1 aliphatic rings. The van der Waals surface area contributed by atoms with E-state index in [1.165, 1.54) is 32.1 Å². The first kappa shape index (κ1) is 10.6. The standard InChI is InChI=1S/C13H18N4/c1-2-5-10(6-3-1)9-15-13-11-7-4-8-14-12(11)16-17-13/h4,7-8,10H,1-3,5-6,9H2,(H2,14,15,16,17). The molecule has 0 amide bonds. The normalized spacial score (nSPS) is 17.4. The molecule has 0 saturated heterocycles. The molecule has 0 aromatic carbocycles. The van der Waals surface area contributed by atoms with Crippen LogP contribution in [0.25, 0.3) is 11.0 Å². The van der Waals surface area contributed by atoms with Crippen molar-refractivity contribution in [3.05, 3.63) is 18.3 Å². The molecule has 0 atom stereocenters. The lowest BCUT2D eigenvalue weighted by molar-refractivity contribution is 0.373. The molecule has 1 fully saturated rings. The Kier molecular flexibility index (Phi) is 2.94. The first-order valence-corrected chi connectivity index (χ1v) is 6.46. The zero-order valence-corrected chi connectivity index (χ0v) is 9.95. The Morgan fingerprint density at radius 2 is 2.18 bits per heavy atom. The molecule has 1 aliphatic carbocycles. The smallest absolute Gasteiger partial charge is 0.157 e. The summed E-state index contributed by atoms with van der Waals surface area (Å²) < 4.78 is 0. The Hall–Kier alpha value is -1.58. The first-order valence-electron chi connectivity index (χ1n) is 6.46. The van der Waals surface area contributed by atoms with Gasteiger partial charge in [0.1, 0.15) is 0 Å². The molecule has 4 heteroatoms. The third-order valence-corrected chi connectivity index (χ3v) is 3.62. The van der Waals surface area contributed by atoms with Crippen molar-refractivity contribution >= 4 is 16.9 Å². The van der Waals surface area contributed by atoms with Gasteiger partial charge in [0.15, 0.2) is 11.5 Å². The van der Waals surface area contributed by atoms with Crippen LogP contribution in [0.5, 0.6) is 0 Å². The first-order chi connectivity index (χ1) is 8.43. The van der Waals surface area contributed by atoms with E-state index in [1.807, 2.05) is 6.07 Å². The van der Waals surface area contributed by atoms with Crippen molar-refractivity contribution in [1.82, 2.24) is 15.2 Å². The SMILES string of the molecule is c1cnc2[nH]nc(NCC3CCCCC3)c2c1. The summed E-state index contributed by atoms with van der Waals surface area (Å²) in [7, 11) is 0. The van der Waals surface area contributed by atoms with Gasteiger partial charge in [-0.15, -0.1) is 0 Å². The predicted octanol–water partition coefficient (Wildman–Crippen LogP) is 2.95. The molecule has 2 N–H and O–H groups in total. The monoisotopic (exact) mass is 230 g/mol. The summed E-state index contributed by atoms with van der Waals surface area (Å²) in [6.07, 6.45) is 8.67. The zero-order chi connectivity index (χ0) is 11.5. The summed E-state index contributed by atoms with van der Waals surface area (Å²) in [6.45, 7) is 1.04. The molecule has 2 aromatic heterocycles. The van der Waals surface area contributed by atoms with Crippen molar-refractivity contribution < 1.29 is 0 Å². The number of aromatic nitrogens is 3. The molecule has 0 radical (unpaired) electrons. The van der Waals surface area contributed by atoms with Crippen molar-refractivity contribution in [2.24, 2.45) is 5.92 Å². The van der Waals surface area contributed by atoms with Crippen LogP contribution in [0.3, 0.4) is 0 Å². The van der Waals surface area contributed by atoms with E-state index in [-0.39, 0.29) is 0 Å². The second-order valence-electron chi connectivity index (χ2n) is 4.86. The molecule has 0 bridgehead atoms. The van der Waals surface area contributed by atoms with E-state index in [9.17, 15) is 0 Å². The van der Waals surface area contributed by atoms with E-state index in [0.717, 1.165) is 29.3 Å². The highest BCUT2D eigenvalue weighted by atomic mass is 15.2. The molecule has 3 rings (SSSR count). The lowest BCUT2D eigenvalue weighted by Gasteiger charge is -2.21. The summed E-state index contributed by atoms with van der Waals surface area (Å²) >= 11 is 0. The number of nitrogens with zero attached hydrogens (tertiary/aromatic N) is 2. The molecular formula is C13H18N4. The van der Waals surface area contributed by atoms with Crippen LogP contribution in [0.4, 0.5) is 5.82 Å². The summed E-state index contributed by atoms with van der Waals surface area (Å²) in [6, 6.07) is 4.00. The van der Waals surface area contributed by atoms with Gasteiger partial charge in [0, 0.05) is 12.7 Å². The molecule has 0 aliphatic heterocycles. The van der Waals surface area contributed by atoms with Gasteiger partial charge in [-0.2, -0.15) is 5.10 Å². The number of anilines is 1. The Labute approximate surface area is 101 Å². The number of hydrogen-bond acceptors (Lipinski definition) is 3. The highest BCUT2D eigenvalue weighted by molar-refractivity contribution is 5.86. The Bertz CT molecular complexity index is 485. The Morgan fingerprint density at radius 3 is 3.06 bits per heavy atom. The van der Waals surface area contributed by atoms with Gasteiger partial charge in [-0.1, -0.05) is 19.3 Å². The maximum Gasteiger partial charge on any atom is 0.157 e. The molecule has 1 saturated carbocycles. The van der Waals surface area contributed by atoms with Crippen molar-refractivity contribution in [2.75, 3.05) is 11.9 Å². The number of hydrogen-bond donors (Lipinski definition) is 2. The number of fused-ring (bicyclic) bond motifs is 1. The largest absolute Gasteiger partial charge is 0.368 e.